The van der Waals surface area contributed by atoms with Gasteiger partial charge in [-0.25, -0.2) is 4.79 Å². The first-order chi connectivity index (χ1) is 18.1. The molecule has 2 amide bonds. The van der Waals surface area contributed by atoms with Gasteiger partial charge in [-0.2, -0.15) is 5.10 Å². The molecule has 3 aromatic rings. The molecule has 1 fully saturated rings. The number of nitrogens with one attached hydrogen (secondary N) is 3. The summed E-state index contributed by atoms with van der Waals surface area (Å²) in [6.45, 7) is 4.49. The molecule has 4 rings (SSSR count). The number of aromatic nitrogens is 4. The molecule has 0 bridgehead atoms. The molecule has 2 aromatic heterocycles. The van der Waals surface area contributed by atoms with Crippen LogP contribution >= 0.6 is 0 Å². The first-order valence-electron chi connectivity index (χ1n) is 12.1. The maximum Gasteiger partial charge on any atom is 0.330 e. The second kappa shape index (κ2) is 11.5. The summed E-state index contributed by atoms with van der Waals surface area (Å²) in [5.41, 5.74) is 1.08. The molecule has 13 heteroatoms. The maximum atomic E-state index is 13.1. The van der Waals surface area contributed by atoms with Crippen LogP contribution in [0.3, 0.4) is 0 Å². The van der Waals surface area contributed by atoms with E-state index in [0.29, 0.717) is 6.54 Å². The van der Waals surface area contributed by atoms with Crippen LogP contribution in [0.5, 0.6) is 0 Å². The lowest BCUT2D eigenvalue weighted by Gasteiger charge is -2.22. The fourth-order valence-electron chi connectivity index (χ4n) is 4.36. The third-order valence-electron chi connectivity index (χ3n) is 6.26. The molecular weight excluding hydrogens is 496 g/mol. The Morgan fingerprint density at radius 1 is 1.13 bits per heavy atom. The Morgan fingerprint density at radius 2 is 1.87 bits per heavy atom. The topological polar surface area (TPSA) is 181 Å². The quantitative estimate of drug-likeness (QED) is 0.224. The number of rotatable bonds is 9. The molecule has 1 aromatic carbocycles. The average Bonchev–Trinajstić information content (AvgIpc) is 3.36. The first-order valence-corrected chi connectivity index (χ1v) is 12.1. The van der Waals surface area contributed by atoms with Gasteiger partial charge < -0.3 is 25.6 Å². The summed E-state index contributed by atoms with van der Waals surface area (Å²) in [5.74, 6) is -1.30. The van der Waals surface area contributed by atoms with Crippen molar-refractivity contribution in [3.8, 4) is 0 Å². The van der Waals surface area contributed by atoms with Crippen molar-refractivity contribution in [3.05, 3.63) is 86.5 Å². The van der Waals surface area contributed by atoms with Gasteiger partial charge in [-0.05, 0) is 25.5 Å². The summed E-state index contributed by atoms with van der Waals surface area (Å²) in [6.07, 6.45) is -5.08. The van der Waals surface area contributed by atoms with Crippen molar-refractivity contribution in [2.24, 2.45) is 0 Å². The number of hydrogen-bond acceptors (Lipinski definition) is 8. The number of hydrogen-bond donors (Lipinski definition) is 5. The predicted octanol–water partition coefficient (Wildman–Crippen LogP) is -1.49. The highest BCUT2D eigenvalue weighted by atomic mass is 16.6. The van der Waals surface area contributed by atoms with Gasteiger partial charge in [0.1, 0.15) is 18.2 Å². The van der Waals surface area contributed by atoms with Crippen molar-refractivity contribution < 1.29 is 24.5 Å². The molecule has 1 aliphatic heterocycles. The highest BCUT2D eigenvalue weighted by Gasteiger charge is 2.48. The smallest absolute Gasteiger partial charge is 0.330 e. The Balaban J connectivity index is 1.46. The minimum absolute atomic E-state index is 0.159. The number of carbonyl (C=O) groups is 2. The third-order valence-corrected chi connectivity index (χ3v) is 6.26. The highest BCUT2D eigenvalue weighted by Crippen LogP contribution is 2.28. The molecule has 5 atom stereocenters. The van der Waals surface area contributed by atoms with E-state index in [1.165, 1.54) is 0 Å². The van der Waals surface area contributed by atoms with E-state index in [4.69, 9.17) is 4.74 Å². The zero-order valence-corrected chi connectivity index (χ0v) is 20.9. The number of aromatic amines is 1. The Bertz CT molecular complexity index is 1400. The van der Waals surface area contributed by atoms with Crippen LogP contribution in [0.15, 0.2) is 58.3 Å². The van der Waals surface area contributed by atoms with Gasteiger partial charge in [0, 0.05) is 30.9 Å². The Labute approximate surface area is 217 Å². The van der Waals surface area contributed by atoms with Gasteiger partial charge in [0.2, 0.25) is 5.91 Å². The van der Waals surface area contributed by atoms with Gasteiger partial charge in [0.05, 0.1) is 12.2 Å². The van der Waals surface area contributed by atoms with Crippen LogP contribution in [0.1, 0.15) is 23.2 Å². The highest BCUT2D eigenvalue weighted by molar-refractivity contribution is 5.90. The van der Waals surface area contributed by atoms with E-state index in [1.807, 2.05) is 55.2 Å². The average molecular weight is 527 g/mol. The molecular formula is C25H30N6O7. The van der Waals surface area contributed by atoms with Crippen LogP contribution in [0.25, 0.3) is 0 Å². The molecule has 3 heterocycles. The zero-order valence-electron chi connectivity index (χ0n) is 20.9. The minimum Gasteiger partial charge on any atom is -0.387 e. The van der Waals surface area contributed by atoms with Gasteiger partial charge in [0.25, 0.3) is 11.5 Å². The van der Waals surface area contributed by atoms with Crippen LogP contribution in [0.4, 0.5) is 0 Å². The molecule has 0 saturated carbocycles. The summed E-state index contributed by atoms with van der Waals surface area (Å²) in [5, 5.41) is 30.7. The number of aliphatic hydroxyl groups is 2. The van der Waals surface area contributed by atoms with Gasteiger partial charge >= 0.3 is 5.69 Å². The molecule has 1 saturated heterocycles. The van der Waals surface area contributed by atoms with Crippen molar-refractivity contribution in [1.29, 1.82) is 0 Å². The fourth-order valence-corrected chi connectivity index (χ4v) is 4.36. The molecule has 0 spiro atoms. The van der Waals surface area contributed by atoms with E-state index < -0.39 is 53.6 Å². The van der Waals surface area contributed by atoms with E-state index >= 15 is 0 Å². The van der Waals surface area contributed by atoms with Crippen molar-refractivity contribution in [1.82, 2.24) is 30.0 Å². The van der Waals surface area contributed by atoms with Crippen molar-refractivity contribution >= 4 is 11.8 Å². The predicted molar refractivity (Wildman–Crippen MR) is 134 cm³/mol. The number of aliphatic hydroxyl groups excluding tert-OH is 2. The van der Waals surface area contributed by atoms with E-state index in [1.54, 1.807) is 4.68 Å². The Hall–Kier alpha value is -4.07. The van der Waals surface area contributed by atoms with Gasteiger partial charge in [-0.1, -0.05) is 30.3 Å². The normalized spacial score (nSPS) is 21.7. The minimum atomic E-state index is -1.69. The summed E-state index contributed by atoms with van der Waals surface area (Å²) in [7, 11) is 0. The van der Waals surface area contributed by atoms with Gasteiger partial charge in [-0.3, -0.25) is 28.6 Å². The second-order valence-electron chi connectivity index (χ2n) is 9.14. The van der Waals surface area contributed by atoms with E-state index in [0.717, 1.165) is 33.8 Å². The largest absolute Gasteiger partial charge is 0.387 e. The fraction of sp³-hybridized carbons (Fsp3) is 0.400. The SMILES string of the molecule is Cc1cc(C)n(CCNC(=O)[C@@H](Cc2ccccc2)NC(=O)[C@H]2O[C@@H](n3ccc(=O)[nH]c3=O)[C@H](O)[C@@H]2O)n1. The molecule has 13 nitrogen and oxygen atoms in total. The molecule has 0 aliphatic carbocycles. The molecule has 0 unspecified atom stereocenters. The van der Waals surface area contributed by atoms with Crippen molar-refractivity contribution in [3.63, 3.8) is 0 Å². The lowest BCUT2D eigenvalue weighted by Crippen LogP contribution is -2.53. The first kappa shape index (κ1) is 27.0. The van der Waals surface area contributed by atoms with Crippen LogP contribution in [0, 0.1) is 13.8 Å². The number of ether oxygens (including phenoxy) is 1. The summed E-state index contributed by atoms with van der Waals surface area (Å²) >= 11 is 0. The van der Waals surface area contributed by atoms with Crippen molar-refractivity contribution in [2.75, 3.05) is 6.54 Å². The van der Waals surface area contributed by atoms with E-state index in [-0.39, 0.29) is 13.0 Å². The van der Waals surface area contributed by atoms with Crippen LogP contribution < -0.4 is 21.9 Å². The monoisotopic (exact) mass is 526 g/mol. The standard InChI is InChI=1S/C25H30N6O7/c1-14-12-15(2)31(29-14)11-9-26-22(35)17(13-16-6-4-3-5-7-16)27-23(36)21-19(33)20(34)24(38-21)30-10-8-18(32)28-25(30)37/h3-8,10,12,17,19-21,24,33-34H,9,11,13H2,1-2H3,(H,26,35)(H,27,36)(H,28,32,37)/t17-,19+,20-,21+,24-/m1/s1. The molecule has 5 N–H and O–H groups in total. The lowest BCUT2D eigenvalue weighted by molar-refractivity contribution is -0.141. The summed E-state index contributed by atoms with van der Waals surface area (Å²) < 4.78 is 8.16. The third kappa shape index (κ3) is 6.07. The van der Waals surface area contributed by atoms with Crippen LogP contribution in [0.2, 0.25) is 0 Å². The second-order valence-corrected chi connectivity index (χ2v) is 9.14. The number of amides is 2. The van der Waals surface area contributed by atoms with Crippen molar-refractivity contribution in [2.45, 2.75) is 57.4 Å². The molecule has 202 valence electrons. The zero-order chi connectivity index (χ0) is 27.4. The maximum absolute atomic E-state index is 13.1. The summed E-state index contributed by atoms with van der Waals surface area (Å²) in [4.78, 5) is 51.7. The Kier molecular flexibility index (Phi) is 8.20. The lowest BCUT2D eigenvalue weighted by atomic mass is 10.0. The van der Waals surface area contributed by atoms with Crippen LogP contribution in [-0.4, -0.2) is 72.3 Å². The van der Waals surface area contributed by atoms with Gasteiger partial charge in [-0.15, -0.1) is 0 Å². The molecule has 1 aliphatic rings. The molecule has 0 radical (unpaired) electrons. The van der Waals surface area contributed by atoms with E-state index in [9.17, 15) is 29.4 Å². The molecule has 38 heavy (non-hydrogen) atoms. The number of H-pyrrole nitrogens is 1. The Morgan fingerprint density at radius 3 is 2.53 bits per heavy atom. The number of benzene rings is 1. The van der Waals surface area contributed by atoms with E-state index in [2.05, 4.69) is 15.7 Å². The summed E-state index contributed by atoms with van der Waals surface area (Å²) in [6, 6.07) is 11.0. The number of nitrogens with zero attached hydrogens (tertiary/aromatic N) is 3. The van der Waals surface area contributed by atoms with Crippen LogP contribution in [-0.2, 0) is 27.3 Å². The number of aryl methyl sites for hydroxylation is 2. The van der Waals surface area contributed by atoms with Gasteiger partial charge in [0.15, 0.2) is 12.3 Å². The number of carbonyl (C=O) groups excluding carboxylic acids is 2.